The van der Waals surface area contributed by atoms with E-state index in [2.05, 4.69) is 31.1 Å². The molecule has 3 heteroatoms. The van der Waals surface area contributed by atoms with Crippen molar-refractivity contribution in [2.75, 3.05) is 39.9 Å². The summed E-state index contributed by atoms with van der Waals surface area (Å²) in [5.74, 6) is 0.762. The van der Waals surface area contributed by atoms with Crippen LogP contribution in [0.15, 0.2) is 0 Å². The van der Waals surface area contributed by atoms with Gasteiger partial charge in [-0.25, -0.2) is 0 Å². The first-order valence-electron chi connectivity index (χ1n) is 6.18. The third kappa shape index (κ3) is 6.13. The second-order valence-electron chi connectivity index (χ2n) is 5.00. The molecular formula is C12H26N2O. The molecule has 1 aliphatic heterocycles. The van der Waals surface area contributed by atoms with Gasteiger partial charge in [0.15, 0.2) is 0 Å². The van der Waals surface area contributed by atoms with Crippen molar-refractivity contribution in [1.29, 1.82) is 0 Å². The predicted octanol–water partition coefficient (Wildman–Crippen LogP) is 1.34. The molecule has 1 fully saturated rings. The Bertz CT molecular complexity index is 156. The summed E-state index contributed by atoms with van der Waals surface area (Å²) in [6, 6.07) is 0.686. The van der Waals surface area contributed by atoms with Crippen molar-refractivity contribution < 1.29 is 4.74 Å². The van der Waals surface area contributed by atoms with Crippen molar-refractivity contribution in [3.05, 3.63) is 0 Å². The minimum atomic E-state index is 0.686. The SMILES string of the molecule is CC(C)CN(C)CCNC1CCOCC1. The van der Waals surface area contributed by atoms with Crippen LogP contribution < -0.4 is 5.32 Å². The fourth-order valence-electron chi connectivity index (χ4n) is 2.08. The zero-order valence-electron chi connectivity index (χ0n) is 10.5. The summed E-state index contributed by atoms with van der Waals surface area (Å²) in [5, 5.41) is 3.60. The van der Waals surface area contributed by atoms with Crippen molar-refractivity contribution in [2.24, 2.45) is 5.92 Å². The monoisotopic (exact) mass is 214 g/mol. The smallest absolute Gasteiger partial charge is 0.0480 e. The van der Waals surface area contributed by atoms with Crippen LogP contribution in [0.3, 0.4) is 0 Å². The van der Waals surface area contributed by atoms with Gasteiger partial charge in [0.05, 0.1) is 0 Å². The van der Waals surface area contributed by atoms with Gasteiger partial charge in [-0.05, 0) is 25.8 Å². The molecular weight excluding hydrogens is 188 g/mol. The highest BCUT2D eigenvalue weighted by molar-refractivity contribution is 4.70. The summed E-state index contributed by atoms with van der Waals surface area (Å²) < 4.78 is 5.33. The molecule has 0 spiro atoms. The maximum absolute atomic E-state index is 5.33. The molecule has 0 saturated carbocycles. The molecule has 0 aliphatic carbocycles. The van der Waals surface area contributed by atoms with Crippen molar-refractivity contribution in [2.45, 2.75) is 32.7 Å². The molecule has 1 N–H and O–H groups in total. The summed E-state index contributed by atoms with van der Waals surface area (Å²) in [4.78, 5) is 2.40. The minimum absolute atomic E-state index is 0.686. The molecule has 0 aromatic rings. The van der Waals surface area contributed by atoms with Crippen LogP contribution >= 0.6 is 0 Å². The van der Waals surface area contributed by atoms with E-state index < -0.39 is 0 Å². The summed E-state index contributed by atoms with van der Waals surface area (Å²) in [6.45, 7) is 9.84. The van der Waals surface area contributed by atoms with Gasteiger partial charge in [-0.2, -0.15) is 0 Å². The van der Waals surface area contributed by atoms with E-state index in [4.69, 9.17) is 4.74 Å². The Balaban J connectivity index is 1.99. The van der Waals surface area contributed by atoms with Crippen molar-refractivity contribution in [3.63, 3.8) is 0 Å². The van der Waals surface area contributed by atoms with E-state index >= 15 is 0 Å². The second-order valence-corrected chi connectivity index (χ2v) is 5.00. The van der Waals surface area contributed by atoms with Crippen LogP contribution in [0.2, 0.25) is 0 Å². The van der Waals surface area contributed by atoms with Crippen LogP contribution in [-0.2, 0) is 4.74 Å². The first-order valence-corrected chi connectivity index (χ1v) is 6.18. The number of nitrogens with one attached hydrogen (secondary N) is 1. The lowest BCUT2D eigenvalue weighted by atomic mass is 10.1. The second kappa shape index (κ2) is 7.20. The summed E-state index contributed by atoms with van der Waals surface area (Å²) in [6.07, 6.45) is 2.35. The van der Waals surface area contributed by atoms with E-state index in [0.29, 0.717) is 6.04 Å². The largest absolute Gasteiger partial charge is 0.381 e. The van der Waals surface area contributed by atoms with Gasteiger partial charge < -0.3 is 15.0 Å². The molecule has 0 unspecified atom stereocenters. The van der Waals surface area contributed by atoms with E-state index in [9.17, 15) is 0 Å². The number of likely N-dealkylation sites (N-methyl/N-ethyl adjacent to an activating group) is 1. The van der Waals surface area contributed by atoms with Gasteiger partial charge >= 0.3 is 0 Å². The number of hydrogen-bond acceptors (Lipinski definition) is 3. The molecule has 0 amide bonds. The Labute approximate surface area is 94.2 Å². The van der Waals surface area contributed by atoms with Gasteiger partial charge in [0.2, 0.25) is 0 Å². The van der Waals surface area contributed by atoms with E-state index in [1.165, 1.54) is 19.4 Å². The Morgan fingerprint density at radius 3 is 2.60 bits per heavy atom. The Morgan fingerprint density at radius 1 is 1.33 bits per heavy atom. The fourth-order valence-corrected chi connectivity index (χ4v) is 2.08. The van der Waals surface area contributed by atoms with E-state index in [-0.39, 0.29) is 0 Å². The molecule has 1 heterocycles. The van der Waals surface area contributed by atoms with E-state index in [1.54, 1.807) is 0 Å². The molecule has 1 aliphatic rings. The Kier molecular flexibility index (Phi) is 6.22. The van der Waals surface area contributed by atoms with Crippen molar-refractivity contribution >= 4 is 0 Å². The third-order valence-corrected chi connectivity index (χ3v) is 2.82. The van der Waals surface area contributed by atoms with Gasteiger partial charge in [-0.1, -0.05) is 13.8 Å². The van der Waals surface area contributed by atoms with Crippen molar-refractivity contribution in [1.82, 2.24) is 10.2 Å². The average molecular weight is 214 g/mol. The van der Waals surface area contributed by atoms with Gasteiger partial charge in [0, 0.05) is 38.9 Å². The summed E-state index contributed by atoms with van der Waals surface area (Å²) in [5.41, 5.74) is 0. The topological polar surface area (TPSA) is 24.5 Å². The van der Waals surface area contributed by atoms with Crippen LogP contribution in [-0.4, -0.2) is 50.8 Å². The zero-order chi connectivity index (χ0) is 11.1. The lowest BCUT2D eigenvalue weighted by Crippen LogP contribution is -2.39. The Hall–Kier alpha value is -0.120. The maximum Gasteiger partial charge on any atom is 0.0480 e. The highest BCUT2D eigenvalue weighted by Crippen LogP contribution is 2.05. The predicted molar refractivity (Wildman–Crippen MR) is 64.2 cm³/mol. The fraction of sp³-hybridized carbons (Fsp3) is 1.00. The quantitative estimate of drug-likeness (QED) is 0.722. The molecule has 15 heavy (non-hydrogen) atoms. The number of ether oxygens (including phenoxy) is 1. The molecule has 0 atom stereocenters. The van der Waals surface area contributed by atoms with Gasteiger partial charge in [0.25, 0.3) is 0 Å². The van der Waals surface area contributed by atoms with Crippen LogP contribution in [0.25, 0.3) is 0 Å². The number of hydrogen-bond donors (Lipinski definition) is 1. The molecule has 0 aromatic carbocycles. The molecule has 90 valence electrons. The number of rotatable bonds is 6. The van der Waals surface area contributed by atoms with Gasteiger partial charge in [0.1, 0.15) is 0 Å². The van der Waals surface area contributed by atoms with Gasteiger partial charge in [-0.15, -0.1) is 0 Å². The standard InChI is InChI=1S/C12H26N2O/c1-11(2)10-14(3)7-6-13-12-4-8-15-9-5-12/h11-13H,4-10H2,1-3H3. The summed E-state index contributed by atoms with van der Waals surface area (Å²) >= 11 is 0. The normalized spacial score (nSPS) is 19.0. The molecule has 0 bridgehead atoms. The molecule has 0 aromatic heterocycles. The maximum atomic E-state index is 5.33. The minimum Gasteiger partial charge on any atom is -0.381 e. The van der Waals surface area contributed by atoms with Crippen LogP contribution in [0, 0.1) is 5.92 Å². The highest BCUT2D eigenvalue weighted by atomic mass is 16.5. The van der Waals surface area contributed by atoms with E-state index in [0.717, 1.165) is 32.2 Å². The lowest BCUT2D eigenvalue weighted by molar-refractivity contribution is 0.0774. The summed E-state index contributed by atoms with van der Waals surface area (Å²) in [7, 11) is 2.20. The lowest BCUT2D eigenvalue weighted by Gasteiger charge is -2.25. The Morgan fingerprint density at radius 2 is 2.00 bits per heavy atom. The highest BCUT2D eigenvalue weighted by Gasteiger charge is 2.12. The van der Waals surface area contributed by atoms with Crippen LogP contribution in [0.5, 0.6) is 0 Å². The van der Waals surface area contributed by atoms with Crippen LogP contribution in [0.4, 0.5) is 0 Å². The zero-order valence-corrected chi connectivity index (χ0v) is 10.5. The molecule has 0 radical (unpaired) electrons. The first kappa shape index (κ1) is 12.9. The van der Waals surface area contributed by atoms with E-state index in [1.807, 2.05) is 0 Å². The van der Waals surface area contributed by atoms with Gasteiger partial charge in [-0.3, -0.25) is 0 Å². The van der Waals surface area contributed by atoms with Crippen LogP contribution in [0.1, 0.15) is 26.7 Å². The molecule has 1 rings (SSSR count). The molecule has 1 saturated heterocycles. The average Bonchev–Trinajstić information content (AvgIpc) is 2.18. The first-order chi connectivity index (χ1) is 7.18. The molecule has 3 nitrogen and oxygen atoms in total. The number of nitrogens with zero attached hydrogens (tertiary/aromatic N) is 1. The third-order valence-electron chi connectivity index (χ3n) is 2.82. The van der Waals surface area contributed by atoms with Crippen molar-refractivity contribution in [3.8, 4) is 0 Å².